The van der Waals surface area contributed by atoms with E-state index < -0.39 is 0 Å². The molecule has 5 nitrogen and oxygen atoms in total. The highest BCUT2D eigenvalue weighted by Crippen LogP contribution is 2.16. The molecule has 2 aromatic rings. The van der Waals surface area contributed by atoms with Crippen LogP contribution in [0.15, 0.2) is 24.4 Å². The molecule has 0 aliphatic carbocycles. The molecule has 1 aromatic heterocycles. The summed E-state index contributed by atoms with van der Waals surface area (Å²) in [6, 6.07) is 6.26. The molecule has 1 aliphatic rings. The lowest BCUT2D eigenvalue weighted by molar-refractivity contribution is 0.0595. The predicted octanol–water partition coefficient (Wildman–Crippen LogP) is 1.73. The number of benzene rings is 1. The number of carbonyl (C=O) groups is 1. The van der Waals surface area contributed by atoms with Gasteiger partial charge in [-0.2, -0.15) is 5.10 Å². The second-order valence-corrected chi connectivity index (χ2v) is 5.59. The number of hydrogen-bond acceptors (Lipinski definition) is 3. The Labute approximate surface area is 118 Å². The third kappa shape index (κ3) is 2.41. The van der Waals surface area contributed by atoms with E-state index in [0.29, 0.717) is 6.04 Å². The summed E-state index contributed by atoms with van der Waals surface area (Å²) in [6.45, 7) is 7.91. The molecular formula is C15H20N4O. The molecule has 0 radical (unpaired) electrons. The lowest BCUT2D eigenvalue weighted by Crippen LogP contribution is -2.50. The van der Waals surface area contributed by atoms with Gasteiger partial charge in [-0.15, -0.1) is 0 Å². The van der Waals surface area contributed by atoms with E-state index in [0.717, 1.165) is 42.6 Å². The Bertz CT molecular complexity index is 611. The fourth-order valence-electron chi connectivity index (χ4n) is 2.69. The molecule has 2 heterocycles. The van der Waals surface area contributed by atoms with E-state index in [1.54, 1.807) is 6.20 Å². The number of carbonyl (C=O) groups excluding carboxylic acids is 1. The third-order valence-electron chi connectivity index (χ3n) is 4.02. The van der Waals surface area contributed by atoms with Gasteiger partial charge in [-0.25, -0.2) is 0 Å². The third-order valence-corrected chi connectivity index (χ3v) is 4.02. The molecule has 5 heteroatoms. The maximum absolute atomic E-state index is 12.5. The van der Waals surface area contributed by atoms with Crippen molar-refractivity contribution in [2.24, 2.45) is 0 Å². The number of fused-ring (bicyclic) bond motifs is 1. The summed E-state index contributed by atoms with van der Waals surface area (Å²) >= 11 is 0. The van der Waals surface area contributed by atoms with Crippen molar-refractivity contribution in [2.45, 2.75) is 19.9 Å². The maximum atomic E-state index is 12.5. The zero-order valence-corrected chi connectivity index (χ0v) is 12.0. The van der Waals surface area contributed by atoms with Crippen molar-refractivity contribution >= 4 is 16.8 Å². The smallest absolute Gasteiger partial charge is 0.254 e. The van der Waals surface area contributed by atoms with Gasteiger partial charge < -0.3 is 4.90 Å². The van der Waals surface area contributed by atoms with E-state index in [2.05, 4.69) is 28.9 Å². The molecule has 0 spiro atoms. The van der Waals surface area contributed by atoms with Gasteiger partial charge in [0.15, 0.2) is 0 Å². The molecule has 106 valence electrons. The first-order valence-electron chi connectivity index (χ1n) is 7.11. The number of piperazine rings is 1. The molecule has 1 aliphatic heterocycles. The van der Waals surface area contributed by atoms with E-state index in [9.17, 15) is 4.79 Å². The van der Waals surface area contributed by atoms with Gasteiger partial charge in [0.1, 0.15) is 0 Å². The van der Waals surface area contributed by atoms with Crippen molar-refractivity contribution < 1.29 is 4.79 Å². The molecule has 0 atom stereocenters. The standard InChI is InChI=1S/C15H20N4O/c1-11(2)18-5-7-19(8-6-18)15(20)12-3-4-13-10-16-17-14(13)9-12/h3-4,9-11H,5-8H2,1-2H3,(H,16,17). The SMILES string of the molecule is CC(C)N1CCN(C(=O)c2ccc3cn[nH]c3c2)CC1. The Morgan fingerprint density at radius 1 is 1.25 bits per heavy atom. The van der Waals surface area contributed by atoms with Crippen LogP contribution in [-0.2, 0) is 0 Å². The van der Waals surface area contributed by atoms with Crippen LogP contribution in [0.4, 0.5) is 0 Å². The fourth-order valence-corrected chi connectivity index (χ4v) is 2.69. The lowest BCUT2D eigenvalue weighted by Gasteiger charge is -2.36. The zero-order valence-electron chi connectivity index (χ0n) is 12.0. The first-order chi connectivity index (χ1) is 9.65. The second kappa shape index (κ2) is 5.25. The Balaban J connectivity index is 1.73. The predicted molar refractivity (Wildman–Crippen MR) is 78.7 cm³/mol. The van der Waals surface area contributed by atoms with Crippen molar-refractivity contribution in [1.29, 1.82) is 0 Å². The van der Waals surface area contributed by atoms with Crippen molar-refractivity contribution in [3.8, 4) is 0 Å². The molecule has 0 bridgehead atoms. The summed E-state index contributed by atoms with van der Waals surface area (Å²) in [5.74, 6) is 0.116. The van der Waals surface area contributed by atoms with Gasteiger partial charge in [0.2, 0.25) is 0 Å². The monoisotopic (exact) mass is 272 g/mol. The molecule has 1 N–H and O–H groups in total. The lowest BCUT2D eigenvalue weighted by atomic mass is 10.1. The van der Waals surface area contributed by atoms with Gasteiger partial charge in [-0.05, 0) is 26.0 Å². The van der Waals surface area contributed by atoms with E-state index in [1.165, 1.54) is 0 Å². The number of nitrogens with one attached hydrogen (secondary N) is 1. The number of H-pyrrole nitrogens is 1. The Morgan fingerprint density at radius 3 is 2.70 bits per heavy atom. The quantitative estimate of drug-likeness (QED) is 0.906. The minimum atomic E-state index is 0.116. The van der Waals surface area contributed by atoms with Crippen LogP contribution < -0.4 is 0 Å². The Morgan fingerprint density at radius 2 is 2.00 bits per heavy atom. The Hall–Kier alpha value is -1.88. The maximum Gasteiger partial charge on any atom is 0.254 e. The van der Waals surface area contributed by atoms with Crippen molar-refractivity contribution in [3.63, 3.8) is 0 Å². The van der Waals surface area contributed by atoms with Gasteiger partial charge >= 0.3 is 0 Å². The fraction of sp³-hybridized carbons (Fsp3) is 0.467. The minimum Gasteiger partial charge on any atom is -0.336 e. The normalized spacial score (nSPS) is 17.1. The molecule has 1 amide bonds. The number of aromatic amines is 1. The van der Waals surface area contributed by atoms with Crippen LogP contribution in [0.2, 0.25) is 0 Å². The van der Waals surface area contributed by atoms with Gasteiger partial charge in [0.25, 0.3) is 5.91 Å². The second-order valence-electron chi connectivity index (χ2n) is 5.59. The van der Waals surface area contributed by atoms with Crippen molar-refractivity contribution in [1.82, 2.24) is 20.0 Å². The van der Waals surface area contributed by atoms with Crippen LogP contribution >= 0.6 is 0 Å². The molecule has 0 saturated carbocycles. The summed E-state index contributed by atoms with van der Waals surface area (Å²) in [6.07, 6.45) is 1.77. The zero-order chi connectivity index (χ0) is 14.1. The van der Waals surface area contributed by atoms with E-state index in [-0.39, 0.29) is 5.91 Å². The van der Waals surface area contributed by atoms with Gasteiger partial charge in [0, 0.05) is 43.2 Å². The first-order valence-corrected chi connectivity index (χ1v) is 7.11. The number of rotatable bonds is 2. The highest BCUT2D eigenvalue weighted by molar-refractivity contribution is 5.97. The van der Waals surface area contributed by atoms with Crippen LogP contribution in [0.1, 0.15) is 24.2 Å². The van der Waals surface area contributed by atoms with Crippen LogP contribution in [0, 0.1) is 0 Å². The van der Waals surface area contributed by atoms with Crippen LogP contribution in [0.5, 0.6) is 0 Å². The van der Waals surface area contributed by atoms with Crippen LogP contribution in [0.25, 0.3) is 10.9 Å². The van der Waals surface area contributed by atoms with Gasteiger partial charge in [-0.3, -0.25) is 14.8 Å². The summed E-state index contributed by atoms with van der Waals surface area (Å²) < 4.78 is 0. The molecular weight excluding hydrogens is 252 g/mol. The first kappa shape index (κ1) is 13.1. The van der Waals surface area contributed by atoms with E-state index in [1.807, 2.05) is 23.1 Å². The van der Waals surface area contributed by atoms with Crippen LogP contribution in [0.3, 0.4) is 0 Å². The van der Waals surface area contributed by atoms with Gasteiger partial charge in [0.05, 0.1) is 11.7 Å². The molecule has 3 rings (SSSR count). The van der Waals surface area contributed by atoms with E-state index >= 15 is 0 Å². The number of nitrogens with zero attached hydrogens (tertiary/aromatic N) is 3. The van der Waals surface area contributed by atoms with Crippen molar-refractivity contribution in [3.05, 3.63) is 30.0 Å². The van der Waals surface area contributed by atoms with E-state index in [4.69, 9.17) is 0 Å². The van der Waals surface area contributed by atoms with Crippen molar-refractivity contribution in [2.75, 3.05) is 26.2 Å². The number of aromatic nitrogens is 2. The average molecular weight is 272 g/mol. The molecule has 1 saturated heterocycles. The largest absolute Gasteiger partial charge is 0.336 e. The molecule has 1 aromatic carbocycles. The molecule has 0 unspecified atom stereocenters. The van der Waals surface area contributed by atoms with Crippen LogP contribution in [-0.4, -0.2) is 58.1 Å². The minimum absolute atomic E-state index is 0.116. The summed E-state index contributed by atoms with van der Waals surface area (Å²) in [5.41, 5.74) is 1.65. The summed E-state index contributed by atoms with van der Waals surface area (Å²) in [5, 5.41) is 7.93. The molecule has 1 fully saturated rings. The summed E-state index contributed by atoms with van der Waals surface area (Å²) in [4.78, 5) is 16.9. The molecule has 20 heavy (non-hydrogen) atoms. The number of hydrogen-bond donors (Lipinski definition) is 1. The van der Waals surface area contributed by atoms with Gasteiger partial charge in [-0.1, -0.05) is 6.07 Å². The average Bonchev–Trinajstić information content (AvgIpc) is 2.94. The Kier molecular flexibility index (Phi) is 3.44. The topological polar surface area (TPSA) is 52.2 Å². The highest BCUT2D eigenvalue weighted by Gasteiger charge is 2.23. The summed E-state index contributed by atoms with van der Waals surface area (Å²) in [7, 11) is 0. The highest BCUT2D eigenvalue weighted by atomic mass is 16.2. The number of amides is 1.